The van der Waals surface area contributed by atoms with E-state index < -0.39 is 0 Å². The van der Waals surface area contributed by atoms with Gasteiger partial charge in [0.15, 0.2) is 0 Å². The molecule has 1 aromatic carbocycles. The van der Waals surface area contributed by atoms with Crippen molar-refractivity contribution in [3.8, 4) is 17.3 Å². The van der Waals surface area contributed by atoms with Crippen molar-refractivity contribution in [3.63, 3.8) is 0 Å². The van der Waals surface area contributed by atoms with E-state index in [1.165, 1.54) is 11.3 Å². The molecular formula is C14H15N3S. The summed E-state index contributed by atoms with van der Waals surface area (Å²) in [6.07, 6.45) is 0. The molecule has 0 saturated heterocycles. The number of nitriles is 1. The van der Waals surface area contributed by atoms with Gasteiger partial charge >= 0.3 is 0 Å². The Bertz CT molecular complexity index is 597. The summed E-state index contributed by atoms with van der Waals surface area (Å²) in [6, 6.07) is 9.44. The molecule has 4 heteroatoms. The summed E-state index contributed by atoms with van der Waals surface area (Å²) in [7, 11) is 0. The highest BCUT2D eigenvalue weighted by atomic mass is 32.1. The van der Waals surface area contributed by atoms with Gasteiger partial charge in [0, 0.05) is 11.0 Å². The quantitative estimate of drug-likeness (QED) is 0.849. The zero-order valence-corrected chi connectivity index (χ0v) is 11.5. The van der Waals surface area contributed by atoms with Crippen molar-refractivity contribution in [2.24, 2.45) is 0 Å². The van der Waals surface area contributed by atoms with Crippen LogP contribution < -0.4 is 5.73 Å². The van der Waals surface area contributed by atoms with Gasteiger partial charge in [-0.2, -0.15) is 5.26 Å². The van der Waals surface area contributed by atoms with Gasteiger partial charge < -0.3 is 5.73 Å². The summed E-state index contributed by atoms with van der Waals surface area (Å²) in [4.78, 5) is 4.62. The average Bonchev–Trinajstić information content (AvgIpc) is 2.71. The van der Waals surface area contributed by atoms with Crippen molar-refractivity contribution in [2.75, 3.05) is 5.73 Å². The molecule has 0 atom stereocenters. The van der Waals surface area contributed by atoms with E-state index in [4.69, 9.17) is 11.0 Å². The first kappa shape index (κ1) is 12.6. The number of rotatable bonds is 1. The van der Waals surface area contributed by atoms with Gasteiger partial charge in [-0.05, 0) is 12.1 Å². The molecule has 0 saturated carbocycles. The van der Waals surface area contributed by atoms with Gasteiger partial charge in [0.25, 0.3) is 0 Å². The van der Waals surface area contributed by atoms with Crippen LogP contribution in [0.2, 0.25) is 0 Å². The molecule has 0 radical (unpaired) electrons. The van der Waals surface area contributed by atoms with Gasteiger partial charge in [0.2, 0.25) is 0 Å². The molecule has 2 N–H and O–H groups in total. The van der Waals surface area contributed by atoms with Crippen LogP contribution in [0.25, 0.3) is 11.3 Å². The van der Waals surface area contributed by atoms with Crippen LogP contribution in [-0.2, 0) is 5.41 Å². The van der Waals surface area contributed by atoms with Gasteiger partial charge in [-0.1, -0.05) is 32.9 Å². The zero-order valence-electron chi connectivity index (χ0n) is 10.7. The second-order valence-electron chi connectivity index (χ2n) is 5.17. The monoisotopic (exact) mass is 257 g/mol. The van der Waals surface area contributed by atoms with E-state index in [0.29, 0.717) is 5.56 Å². The van der Waals surface area contributed by atoms with Gasteiger partial charge in [0.1, 0.15) is 15.7 Å². The zero-order chi connectivity index (χ0) is 13.3. The SMILES string of the molecule is CC(C)(C)c1nc(-c2ccc(C#N)cc2)c(N)s1. The molecular weight excluding hydrogens is 242 g/mol. The van der Waals surface area contributed by atoms with E-state index in [1.807, 2.05) is 12.1 Å². The second kappa shape index (κ2) is 4.43. The lowest BCUT2D eigenvalue weighted by Crippen LogP contribution is -2.10. The summed E-state index contributed by atoms with van der Waals surface area (Å²) in [6.45, 7) is 6.36. The maximum Gasteiger partial charge on any atom is 0.114 e. The van der Waals surface area contributed by atoms with E-state index in [0.717, 1.165) is 21.3 Å². The Hall–Kier alpha value is -1.86. The minimum atomic E-state index is 0.00360. The number of hydrogen-bond donors (Lipinski definition) is 1. The first-order chi connectivity index (χ1) is 8.41. The van der Waals surface area contributed by atoms with Crippen molar-refractivity contribution < 1.29 is 0 Å². The Morgan fingerprint density at radius 1 is 1.22 bits per heavy atom. The van der Waals surface area contributed by atoms with Crippen LogP contribution in [0.15, 0.2) is 24.3 Å². The molecule has 0 unspecified atom stereocenters. The van der Waals surface area contributed by atoms with Crippen LogP contribution in [0.3, 0.4) is 0 Å². The highest BCUT2D eigenvalue weighted by molar-refractivity contribution is 7.16. The fourth-order valence-electron chi connectivity index (χ4n) is 1.56. The average molecular weight is 257 g/mol. The third-order valence-electron chi connectivity index (χ3n) is 2.58. The van der Waals surface area contributed by atoms with Crippen LogP contribution in [0.4, 0.5) is 5.00 Å². The number of hydrogen-bond acceptors (Lipinski definition) is 4. The Morgan fingerprint density at radius 2 is 1.83 bits per heavy atom. The Morgan fingerprint density at radius 3 is 2.28 bits per heavy atom. The van der Waals surface area contributed by atoms with Crippen molar-refractivity contribution >= 4 is 16.3 Å². The molecule has 1 heterocycles. The third-order valence-corrected chi connectivity index (χ3v) is 3.89. The van der Waals surface area contributed by atoms with Gasteiger partial charge in [-0.15, -0.1) is 11.3 Å². The lowest BCUT2D eigenvalue weighted by molar-refractivity contribution is 0.586. The summed E-state index contributed by atoms with van der Waals surface area (Å²) in [5.41, 5.74) is 8.45. The highest BCUT2D eigenvalue weighted by Crippen LogP contribution is 2.36. The van der Waals surface area contributed by atoms with Crippen LogP contribution in [0.5, 0.6) is 0 Å². The minimum absolute atomic E-state index is 0.00360. The lowest BCUT2D eigenvalue weighted by atomic mass is 9.98. The molecule has 2 aromatic rings. The molecule has 3 nitrogen and oxygen atoms in total. The maximum absolute atomic E-state index is 8.78. The number of nitrogens with two attached hydrogens (primary N) is 1. The Labute approximate surface area is 111 Å². The number of nitrogens with zero attached hydrogens (tertiary/aromatic N) is 2. The predicted octanol–water partition coefficient (Wildman–Crippen LogP) is 3.56. The normalized spacial score (nSPS) is 11.2. The molecule has 0 bridgehead atoms. The number of benzene rings is 1. The molecule has 0 amide bonds. The van der Waals surface area contributed by atoms with E-state index >= 15 is 0 Å². The Kier molecular flexibility index (Phi) is 3.10. The largest absolute Gasteiger partial charge is 0.389 e. The molecule has 18 heavy (non-hydrogen) atoms. The fourth-order valence-corrected chi connectivity index (χ4v) is 2.47. The number of anilines is 1. The van der Waals surface area contributed by atoms with Gasteiger partial charge in [0.05, 0.1) is 11.6 Å². The molecule has 0 spiro atoms. The molecule has 92 valence electrons. The summed E-state index contributed by atoms with van der Waals surface area (Å²) >= 11 is 1.53. The van der Waals surface area contributed by atoms with Crippen LogP contribution in [0, 0.1) is 11.3 Å². The Balaban J connectivity index is 2.45. The minimum Gasteiger partial charge on any atom is -0.389 e. The lowest BCUT2D eigenvalue weighted by Gasteiger charge is -2.13. The topological polar surface area (TPSA) is 62.7 Å². The summed E-state index contributed by atoms with van der Waals surface area (Å²) in [5, 5.41) is 10.5. The molecule has 0 aliphatic carbocycles. The summed E-state index contributed by atoms with van der Waals surface area (Å²) < 4.78 is 0. The van der Waals surface area contributed by atoms with E-state index in [1.54, 1.807) is 12.1 Å². The third kappa shape index (κ3) is 2.36. The van der Waals surface area contributed by atoms with Crippen molar-refractivity contribution in [3.05, 3.63) is 34.8 Å². The van der Waals surface area contributed by atoms with Crippen LogP contribution in [0.1, 0.15) is 31.3 Å². The molecule has 0 aliphatic heterocycles. The van der Waals surface area contributed by atoms with Gasteiger partial charge in [-0.25, -0.2) is 4.98 Å². The van der Waals surface area contributed by atoms with Crippen molar-refractivity contribution in [2.45, 2.75) is 26.2 Å². The van der Waals surface area contributed by atoms with E-state index in [-0.39, 0.29) is 5.41 Å². The van der Waals surface area contributed by atoms with E-state index in [9.17, 15) is 0 Å². The molecule has 0 fully saturated rings. The molecule has 2 rings (SSSR count). The second-order valence-corrected chi connectivity index (χ2v) is 6.20. The number of thiazole rings is 1. The van der Waals surface area contributed by atoms with Gasteiger partial charge in [-0.3, -0.25) is 0 Å². The number of nitrogen functional groups attached to an aromatic ring is 1. The highest BCUT2D eigenvalue weighted by Gasteiger charge is 2.21. The first-order valence-electron chi connectivity index (χ1n) is 5.69. The van der Waals surface area contributed by atoms with Crippen LogP contribution >= 0.6 is 11.3 Å². The molecule has 0 aliphatic rings. The van der Waals surface area contributed by atoms with Crippen LogP contribution in [-0.4, -0.2) is 4.98 Å². The fraction of sp³-hybridized carbons (Fsp3) is 0.286. The smallest absolute Gasteiger partial charge is 0.114 e. The summed E-state index contributed by atoms with van der Waals surface area (Å²) in [5.74, 6) is 0. The number of aromatic nitrogens is 1. The molecule has 1 aromatic heterocycles. The first-order valence-corrected chi connectivity index (χ1v) is 6.51. The predicted molar refractivity (Wildman–Crippen MR) is 75.4 cm³/mol. The van der Waals surface area contributed by atoms with E-state index in [2.05, 4.69) is 31.8 Å². The standard InChI is InChI=1S/C14H15N3S/c1-14(2,3)13-17-11(12(16)18-13)10-6-4-9(8-15)5-7-10/h4-7H,16H2,1-3H3. The van der Waals surface area contributed by atoms with Crippen molar-refractivity contribution in [1.82, 2.24) is 4.98 Å². The van der Waals surface area contributed by atoms with Crippen molar-refractivity contribution in [1.29, 1.82) is 5.26 Å². The maximum atomic E-state index is 8.78.